The Morgan fingerprint density at radius 3 is 2.57 bits per heavy atom. The molecule has 0 fully saturated rings. The van der Waals surface area contributed by atoms with Gasteiger partial charge in [0, 0.05) is 11.4 Å². The minimum absolute atomic E-state index is 0.0338. The number of carbonyl (C=O) groups is 1. The first-order valence-electron chi connectivity index (χ1n) is 8.23. The molecule has 1 N–H and O–H groups in total. The summed E-state index contributed by atoms with van der Waals surface area (Å²) in [6.45, 7) is 8.13. The number of nitrogens with one attached hydrogen (secondary N) is 1. The van der Waals surface area contributed by atoms with E-state index in [1.807, 2.05) is 19.1 Å². The topological polar surface area (TPSA) is 59.3 Å². The molecule has 1 aromatic heterocycles. The maximum absolute atomic E-state index is 12.5. The first-order valence-corrected chi connectivity index (χ1v) is 8.23. The highest BCUT2D eigenvalue weighted by Crippen LogP contribution is 2.19. The first kappa shape index (κ1) is 17.3. The number of para-hydroxylation sites is 1. The Kier molecular flexibility index (Phi) is 5.59. The van der Waals surface area contributed by atoms with Crippen LogP contribution in [0.15, 0.2) is 33.5 Å². The quantitative estimate of drug-likeness (QED) is 0.818. The molecule has 1 aromatic carbocycles. The van der Waals surface area contributed by atoms with Crippen molar-refractivity contribution in [1.29, 1.82) is 0 Å². The molecule has 0 spiro atoms. The molecule has 0 aliphatic heterocycles. The standard InChI is InChI=1S/C19H25NO3/c1-12(2)8-7-9-13(3)20-18(21)17-14(4)15-10-5-6-11-16(15)23-19(17)22/h5-6,10-13H,7-9H2,1-4H3,(H,20,21)/t13-/m1/s1. The molecule has 1 atom stereocenters. The van der Waals surface area contributed by atoms with E-state index in [4.69, 9.17) is 4.42 Å². The fourth-order valence-electron chi connectivity index (χ4n) is 2.77. The molecule has 0 radical (unpaired) electrons. The van der Waals surface area contributed by atoms with Crippen molar-refractivity contribution in [2.45, 2.75) is 53.0 Å². The van der Waals surface area contributed by atoms with E-state index in [9.17, 15) is 9.59 Å². The summed E-state index contributed by atoms with van der Waals surface area (Å²) in [7, 11) is 0. The van der Waals surface area contributed by atoms with Gasteiger partial charge in [-0.2, -0.15) is 0 Å². The second-order valence-corrected chi connectivity index (χ2v) is 6.58. The molecule has 0 bridgehead atoms. The van der Waals surface area contributed by atoms with Crippen molar-refractivity contribution >= 4 is 16.9 Å². The first-order chi connectivity index (χ1) is 10.9. The SMILES string of the molecule is Cc1c(C(=O)N[C@H](C)CCCC(C)C)c(=O)oc2ccccc12. The molecule has 0 unspecified atom stereocenters. The number of benzene rings is 1. The van der Waals surface area contributed by atoms with Crippen LogP contribution in [0.1, 0.15) is 56.0 Å². The molecule has 0 saturated heterocycles. The minimum atomic E-state index is -0.576. The highest BCUT2D eigenvalue weighted by atomic mass is 16.4. The van der Waals surface area contributed by atoms with Crippen LogP contribution in [0.5, 0.6) is 0 Å². The van der Waals surface area contributed by atoms with Gasteiger partial charge in [0.15, 0.2) is 0 Å². The molecule has 2 rings (SSSR count). The molecular formula is C19H25NO3. The summed E-state index contributed by atoms with van der Waals surface area (Å²) in [6, 6.07) is 7.30. The third kappa shape index (κ3) is 4.21. The fourth-order valence-corrected chi connectivity index (χ4v) is 2.77. The van der Waals surface area contributed by atoms with Gasteiger partial charge in [-0.15, -0.1) is 0 Å². The third-order valence-corrected chi connectivity index (χ3v) is 4.10. The number of aryl methyl sites for hydroxylation is 1. The van der Waals surface area contributed by atoms with Gasteiger partial charge in [0.05, 0.1) is 0 Å². The zero-order valence-electron chi connectivity index (χ0n) is 14.3. The van der Waals surface area contributed by atoms with Crippen LogP contribution in [-0.4, -0.2) is 11.9 Å². The van der Waals surface area contributed by atoms with E-state index in [-0.39, 0.29) is 17.5 Å². The zero-order valence-corrected chi connectivity index (χ0v) is 14.3. The van der Waals surface area contributed by atoms with E-state index in [2.05, 4.69) is 19.2 Å². The van der Waals surface area contributed by atoms with Crippen LogP contribution in [0.4, 0.5) is 0 Å². The second-order valence-electron chi connectivity index (χ2n) is 6.58. The number of fused-ring (bicyclic) bond motifs is 1. The van der Waals surface area contributed by atoms with Crippen LogP contribution in [0, 0.1) is 12.8 Å². The second kappa shape index (κ2) is 7.44. The van der Waals surface area contributed by atoms with Crippen molar-refractivity contribution in [1.82, 2.24) is 5.32 Å². The number of hydrogen-bond acceptors (Lipinski definition) is 3. The lowest BCUT2D eigenvalue weighted by atomic mass is 10.0. The number of amides is 1. The fraction of sp³-hybridized carbons (Fsp3) is 0.474. The Balaban J connectivity index is 2.16. The maximum atomic E-state index is 12.5. The van der Waals surface area contributed by atoms with Crippen LogP contribution in [0.25, 0.3) is 11.0 Å². The zero-order chi connectivity index (χ0) is 17.0. The molecule has 4 heteroatoms. The van der Waals surface area contributed by atoms with E-state index in [1.165, 1.54) is 0 Å². The largest absolute Gasteiger partial charge is 0.422 e. The number of rotatable bonds is 6. The van der Waals surface area contributed by atoms with Crippen LogP contribution in [0.3, 0.4) is 0 Å². The summed E-state index contributed by atoms with van der Waals surface area (Å²) in [5, 5.41) is 3.71. The minimum Gasteiger partial charge on any atom is -0.422 e. The highest BCUT2D eigenvalue weighted by molar-refractivity contribution is 5.99. The van der Waals surface area contributed by atoms with Gasteiger partial charge in [0.25, 0.3) is 5.91 Å². The summed E-state index contributed by atoms with van der Waals surface area (Å²) < 4.78 is 5.27. The van der Waals surface area contributed by atoms with Crippen molar-refractivity contribution in [2.24, 2.45) is 5.92 Å². The normalized spacial score (nSPS) is 12.6. The molecule has 124 valence electrons. The van der Waals surface area contributed by atoms with Crippen molar-refractivity contribution in [3.63, 3.8) is 0 Å². The van der Waals surface area contributed by atoms with Crippen LogP contribution in [0.2, 0.25) is 0 Å². The van der Waals surface area contributed by atoms with Crippen LogP contribution < -0.4 is 10.9 Å². The van der Waals surface area contributed by atoms with E-state index >= 15 is 0 Å². The Bertz CT molecular complexity index is 746. The molecule has 0 aliphatic rings. The number of carbonyl (C=O) groups excluding carboxylic acids is 1. The monoisotopic (exact) mass is 315 g/mol. The van der Waals surface area contributed by atoms with E-state index in [0.717, 1.165) is 24.6 Å². The number of hydrogen-bond donors (Lipinski definition) is 1. The molecule has 23 heavy (non-hydrogen) atoms. The summed E-state index contributed by atoms with van der Waals surface area (Å²) in [4.78, 5) is 24.6. The Morgan fingerprint density at radius 2 is 1.87 bits per heavy atom. The summed E-state index contributed by atoms with van der Waals surface area (Å²) in [5.41, 5.74) is 0.716. The lowest BCUT2D eigenvalue weighted by molar-refractivity contribution is 0.0933. The predicted molar refractivity (Wildman–Crippen MR) is 92.8 cm³/mol. The average Bonchev–Trinajstić information content (AvgIpc) is 2.46. The Hall–Kier alpha value is -2.10. The highest BCUT2D eigenvalue weighted by Gasteiger charge is 2.19. The van der Waals surface area contributed by atoms with Crippen molar-refractivity contribution in [3.8, 4) is 0 Å². The van der Waals surface area contributed by atoms with Crippen LogP contribution in [-0.2, 0) is 0 Å². The van der Waals surface area contributed by atoms with Crippen molar-refractivity contribution in [2.75, 3.05) is 0 Å². The van der Waals surface area contributed by atoms with Gasteiger partial charge in [0.2, 0.25) is 0 Å². The average molecular weight is 315 g/mol. The molecular weight excluding hydrogens is 290 g/mol. The molecule has 0 saturated carbocycles. The molecule has 1 heterocycles. The Labute approximate surface area is 136 Å². The maximum Gasteiger partial charge on any atom is 0.349 e. The van der Waals surface area contributed by atoms with Gasteiger partial charge in [-0.25, -0.2) is 4.79 Å². The molecule has 4 nitrogen and oxygen atoms in total. The van der Waals surface area contributed by atoms with Gasteiger partial charge >= 0.3 is 5.63 Å². The van der Waals surface area contributed by atoms with E-state index < -0.39 is 5.63 Å². The van der Waals surface area contributed by atoms with Crippen LogP contribution >= 0.6 is 0 Å². The smallest absolute Gasteiger partial charge is 0.349 e. The summed E-state index contributed by atoms with van der Waals surface area (Å²) in [5.74, 6) is 0.312. The lowest BCUT2D eigenvalue weighted by Gasteiger charge is -2.15. The molecule has 0 aliphatic carbocycles. The molecule has 1 amide bonds. The van der Waals surface area contributed by atoms with Gasteiger partial charge in [-0.3, -0.25) is 4.79 Å². The van der Waals surface area contributed by atoms with Gasteiger partial charge < -0.3 is 9.73 Å². The summed E-state index contributed by atoms with van der Waals surface area (Å²) >= 11 is 0. The Morgan fingerprint density at radius 1 is 1.17 bits per heavy atom. The lowest BCUT2D eigenvalue weighted by Crippen LogP contribution is -2.36. The van der Waals surface area contributed by atoms with Gasteiger partial charge in [-0.1, -0.05) is 44.9 Å². The molecule has 2 aromatic rings. The van der Waals surface area contributed by atoms with Gasteiger partial charge in [0.1, 0.15) is 11.1 Å². The third-order valence-electron chi connectivity index (χ3n) is 4.10. The van der Waals surface area contributed by atoms with Gasteiger partial charge in [-0.05, 0) is 37.8 Å². The predicted octanol–water partition coefficient (Wildman–Crippen LogP) is 4.05. The summed E-state index contributed by atoms with van der Waals surface area (Å²) in [6.07, 6.45) is 3.10. The van der Waals surface area contributed by atoms with E-state index in [0.29, 0.717) is 17.1 Å². The van der Waals surface area contributed by atoms with E-state index in [1.54, 1.807) is 19.1 Å². The van der Waals surface area contributed by atoms with Crippen molar-refractivity contribution < 1.29 is 9.21 Å². The van der Waals surface area contributed by atoms with Crippen molar-refractivity contribution in [3.05, 3.63) is 45.8 Å².